The second-order valence-corrected chi connectivity index (χ2v) is 9.43. The second kappa shape index (κ2) is 12.4. The molecule has 0 bridgehead atoms. The molecule has 18 heteroatoms. The number of amides is 3. The van der Waals surface area contributed by atoms with Gasteiger partial charge in [-0.3, -0.25) is 19.3 Å². The van der Waals surface area contributed by atoms with Crippen LogP contribution in [0.4, 0.5) is 5.13 Å². The Balaban J connectivity index is 0.00000324. The molecule has 3 rings (SSSR count). The number of fused-ring (bicyclic) bond motifs is 1. The average molecular weight is 553 g/mol. The fourth-order valence-electron chi connectivity index (χ4n) is 2.83. The molecular formula is C17H17N6NaO8S3. The minimum absolute atomic E-state index is 0. The van der Waals surface area contributed by atoms with Gasteiger partial charge >= 0.3 is 41.5 Å². The van der Waals surface area contributed by atoms with E-state index in [2.05, 4.69) is 20.3 Å². The van der Waals surface area contributed by atoms with E-state index in [1.807, 2.05) is 0 Å². The summed E-state index contributed by atoms with van der Waals surface area (Å²) in [5, 5.41) is 26.4. The predicted molar refractivity (Wildman–Crippen MR) is 123 cm³/mol. The molecule has 0 aliphatic carbocycles. The Labute approximate surface area is 233 Å². The minimum Gasteiger partial charge on any atom is -1.00 e. The second-order valence-electron chi connectivity index (χ2n) is 6.44. The van der Waals surface area contributed by atoms with E-state index < -0.39 is 53.4 Å². The maximum absolute atomic E-state index is 12.8. The molecule has 1 aromatic rings. The number of aliphatic carboxylic acids is 2. The first-order valence-electron chi connectivity index (χ1n) is 9.08. The monoisotopic (exact) mass is 552 g/mol. The van der Waals surface area contributed by atoms with Crippen LogP contribution in [0.1, 0.15) is 7.12 Å². The van der Waals surface area contributed by atoms with E-state index in [1.54, 1.807) is 0 Å². The largest absolute Gasteiger partial charge is 1.00 e. The number of carboxylic acid groups (broad SMARTS) is 2. The van der Waals surface area contributed by atoms with Crippen LogP contribution in [0, 0.1) is 0 Å². The van der Waals surface area contributed by atoms with Crippen molar-refractivity contribution in [3.05, 3.63) is 33.2 Å². The summed E-state index contributed by atoms with van der Waals surface area (Å²) in [6.07, 6.45) is 1.06. The Hall–Kier alpha value is -2.57. The number of carbonyl (C=O) groups excluding carboxylic acids is 3. The van der Waals surface area contributed by atoms with Crippen molar-refractivity contribution < 1.29 is 70.0 Å². The third-order valence-electron chi connectivity index (χ3n) is 4.19. The van der Waals surface area contributed by atoms with Crippen molar-refractivity contribution in [1.29, 1.82) is 0 Å². The number of anilines is 1. The van der Waals surface area contributed by atoms with Crippen molar-refractivity contribution in [3.63, 3.8) is 0 Å². The summed E-state index contributed by atoms with van der Waals surface area (Å²) in [7, 11) is 0. The molecule has 35 heavy (non-hydrogen) atoms. The Bertz CT molecular complexity index is 1160. The molecule has 0 aromatic carbocycles. The Morgan fingerprint density at radius 1 is 1.40 bits per heavy atom. The van der Waals surface area contributed by atoms with Gasteiger partial charge in [0.25, 0.3) is 11.8 Å². The number of nitrogens with zero attached hydrogens (tertiary/aromatic N) is 3. The van der Waals surface area contributed by atoms with Gasteiger partial charge in [-0.25, -0.2) is 14.6 Å². The number of nitrogens with one attached hydrogen (secondary N) is 1. The quantitative estimate of drug-likeness (QED) is 0.0616. The SMILES string of the molecule is NC(=O)/C=C\SC1=C(C(=O)O)N2C(=O)[C@@H](NC(=O)/C(=N\OCC(=O)O)c3csc(N)n3)[C@H]2SC1.[H-].[Na+]. The van der Waals surface area contributed by atoms with Crippen molar-refractivity contribution in [2.45, 2.75) is 11.4 Å². The van der Waals surface area contributed by atoms with Crippen LogP contribution in [-0.2, 0) is 28.8 Å². The van der Waals surface area contributed by atoms with Crippen LogP contribution in [0.25, 0.3) is 0 Å². The van der Waals surface area contributed by atoms with E-state index >= 15 is 0 Å². The number of carboxylic acids is 2. The molecule has 0 saturated carbocycles. The fraction of sp³-hybridized carbons (Fsp3) is 0.235. The van der Waals surface area contributed by atoms with Gasteiger partial charge in [-0.1, -0.05) is 16.9 Å². The van der Waals surface area contributed by atoms with E-state index in [4.69, 9.17) is 16.6 Å². The summed E-state index contributed by atoms with van der Waals surface area (Å²) in [6.45, 7) is -0.817. The van der Waals surface area contributed by atoms with Gasteiger partial charge in [0.2, 0.25) is 12.5 Å². The molecule has 2 atom stereocenters. The van der Waals surface area contributed by atoms with Crippen molar-refractivity contribution >= 4 is 75.4 Å². The summed E-state index contributed by atoms with van der Waals surface area (Å²) < 4.78 is 0. The van der Waals surface area contributed by atoms with Gasteiger partial charge < -0.3 is 33.3 Å². The molecule has 7 N–H and O–H groups in total. The number of carbonyl (C=O) groups is 5. The minimum atomic E-state index is -1.35. The Kier molecular flexibility index (Phi) is 10.2. The van der Waals surface area contributed by atoms with Gasteiger partial charge in [-0.15, -0.1) is 23.1 Å². The fourth-order valence-corrected chi connectivity index (χ4v) is 5.71. The third-order valence-corrected chi connectivity index (χ3v) is 7.22. The van der Waals surface area contributed by atoms with E-state index in [-0.39, 0.29) is 53.3 Å². The third kappa shape index (κ3) is 6.77. The number of oxime groups is 1. The van der Waals surface area contributed by atoms with Gasteiger partial charge in [0.05, 0.1) is 0 Å². The molecule has 14 nitrogen and oxygen atoms in total. The van der Waals surface area contributed by atoms with E-state index in [9.17, 15) is 29.1 Å². The first-order chi connectivity index (χ1) is 16.1. The molecule has 0 radical (unpaired) electrons. The van der Waals surface area contributed by atoms with Crippen LogP contribution >= 0.6 is 34.9 Å². The molecule has 0 spiro atoms. The maximum atomic E-state index is 12.8. The van der Waals surface area contributed by atoms with Gasteiger partial charge in [-0.2, -0.15) is 0 Å². The molecule has 3 amide bonds. The molecule has 2 aliphatic heterocycles. The van der Waals surface area contributed by atoms with Gasteiger partial charge in [0.15, 0.2) is 10.8 Å². The van der Waals surface area contributed by atoms with Crippen LogP contribution in [0.2, 0.25) is 0 Å². The van der Waals surface area contributed by atoms with Crippen LogP contribution in [0.15, 0.2) is 32.6 Å². The maximum Gasteiger partial charge on any atom is 1.00 e. The summed E-state index contributed by atoms with van der Waals surface area (Å²) in [4.78, 5) is 68.9. The van der Waals surface area contributed by atoms with Crippen molar-refractivity contribution in [2.24, 2.45) is 10.9 Å². The molecule has 0 unspecified atom stereocenters. The van der Waals surface area contributed by atoms with Crippen LogP contribution < -0.4 is 46.3 Å². The number of β-lactam (4-membered cyclic amide) rings is 1. The van der Waals surface area contributed by atoms with Gasteiger partial charge in [0.1, 0.15) is 22.8 Å². The number of nitrogens with two attached hydrogens (primary N) is 2. The smallest absolute Gasteiger partial charge is 1.00 e. The topological polar surface area (TPSA) is 228 Å². The van der Waals surface area contributed by atoms with E-state index in [0.717, 1.165) is 34.1 Å². The Morgan fingerprint density at radius 3 is 2.69 bits per heavy atom. The van der Waals surface area contributed by atoms with Crippen molar-refractivity contribution in [1.82, 2.24) is 15.2 Å². The molecule has 182 valence electrons. The number of aromatic nitrogens is 1. The standard InChI is InChI=1S/C17H16N6O8S3.Na.H/c18-8(24)1-2-32-7-5-33-15-11(14(28)23(15)12(7)16(29)30)21-13(27)10(22-31-3-9(25)26)6-4-34-17(19)20-6;;/h1-2,4,11,15H,3,5H2,(H2,18,24)(H2,19,20)(H,21,27)(H,25,26)(H,29,30);;/q;+1;-1/b2-1-,22-10-;;/t11-,15-;;/m1../s1. The van der Waals surface area contributed by atoms with Crippen LogP contribution in [0.5, 0.6) is 0 Å². The zero-order valence-electron chi connectivity index (χ0n) is 18.9. The van der Waals surface area contributed by atoms with Crippen molar-refractivity contribution in [2.75, 3.05) is 18.1 Å². The molecule has 2 aliphatic rings. The van der Waals surface area contributed by atoms with Crippen LogP contribution in [0.3, 0.4) is 0 Å². The van der Waals surface area contributed by atoms with E-state index in [0.29, 0.717) is 4.91 Å². The van der Waals surface area contributed by atoms with Gasteiger partial charge in [0, 0.05) is 22.1 Å². The van der Waals surface area contributed by atoms with Crippen LogP contribution in [-0.4, -0.2) is 79.2 Å². The number of primary amides is 1. The summed E-state index contributed by atoms with van der Waals surface area (Å²) in [5.74, 6) is -4.75. The zero-order chi connectivity index (χ0) is 25.0. The molecule has 1 fully saturated rings. The Morgan fingerprint density at radius 2 is 2.11 bits per heavy atom. The number of hydrogen-bond acceptors (Lipinski definition) is 12. The average Bonchev–Trinajstić information content (AvgIpc) is 3.19. The number of hydrogen-bond donors (Lipinski definition) is 5. The summed E-state index contributed by atoms with van der Waals surface area (Å²) in [6, 6.07) is -1.08. The molecular weight excluding hydrogens is 535 g/mol. The zero-order valence-corrected chi connectivity index (χ0v) is 22.3. The number of nitrogen functional groups attached to an aromatic ring is 1. The number of thioether (sulfide) groups is 2. The predicted octanol–water partition coefficient (Wildman–Crippen LogP) is -3.92. The van der Waals surface area contributed by atoms with Gasteiger partial charge in [-0.05, 0) is 5.41 Å². The first kappa shape index (κ1) is 28.7. The molecule has 1 saturated heterocycles. The van der Waals surface area contributed by atoms with E-state index in [1.165, 1.54) is 22.5 Å². The normalized spacial score (nSPS) is 19.5. The summed E-state index contributed by atoms with van der Waals surface area (Å²) in [5.41, 5.74) is 9.95. The first-order valence-corrected chi connectivity index (χ1v) is 11.9. The number of rotatable bonds is 10. The molecule has 1 aromatic heterocycles. The number of thiazole rings is 1. The van der Waals surface area contributed by atoms with Crippen molar-refractivity contribution in [3.8, 4) is 0 Å². The molecule has 3 heterocycles. The summed E-state index contributed by atoms with van der Waals surface area (Å²) >= 11 is 3.16.